The predicted octanol–water partition coefficient (Wildman–Crippen LogP) is 1.15. The van der Waals surface area contributed by atoms with E-state index in [9.17, 15) is 0 Å². The molecule has 0 amide bonds. The van der Waals surface area contributed by atoms with Gasteiger partial charge in [-0.15, -0.1) is 0 Å². The summed E-state index contributed by atoms with van der Waals surface area (Å²) >= 11 is 6.04. The first-order valence-corrected chi connectivity index (χ1v) is 5.08. The Bertz CT molecular complexity index is 353. The minimum Gasteiger partial charge on any atom is -0.497 e. The van der Waals surface area contributed by atoms with Crippen molar-refractivity contribution in [1.82, 2.24) is 0 Å². The molecule has 0 heterocycles. The highest BCUT2D eigenvalue weighted by Crippen LogP contribution is 2.26. The minimum atomic E-state index is -1.55. The van der Waals surface area contributed by atoms with E-state index in [1.54, 1.807) is 12.1 Å². The SMILES string of the molecule is COc1cc(Cl)c(C(C)C)cc1B(O)O. The molecule has 0 saturated heterocycles. The van der Waals surface area contributed by atoms with Crippen LogP contribution in [0.5, 0.6) is 5.75 Å². The van der Waals surface area contributed by atoms with Crippen LogP contribution in [0.25, 0.3) is 0 Å². The average Bonchev–Trinajstić information content (AvgIpc) is 2.16. The fourth-order valence-corrected chi connectivity index (χ4v) is 1.78. The molecule has 5 heteroatoms. The number of rotatable bonds is 3. The number of benzene rings is 1. The Morgan fingerprint density at radius 2 is 1.93 bits per heavy atom. The Kier molecular flexibility index (Phi) is 4.02. The first kappa shape index (κ1) is 12.4. The van der Waals surface area contributed by atoms with Gasteiger partial charge < -0.3 is 14.8 Å². The van der Waals surface area contributed by atoms with E-state index in [-0.39, 0.29) is 5.92 Å². The molecular weight excluding hydrogens is 214 g/mol. The lowest BCUT2D eigenvalue weighted by Crippen LogP contribution is -2.31. The van der Waals surface area contributed by atoms with E-state index in [1.165, 1.54) is 7.11 Å². The van der Waals surface area contributed by atoms with Crippen LogP contribution in [0.4, 0.5) is 0 Å². The molecule has 0 bridgehead atoms. The molecule has 0 aromatic heterocycles. The van der Waals surface area contributed by atoms with Gasteiger partial charge in [-0.3, -0.25) is 0 Å². The highest BCUT2D eigenvalue weighted by Gasteiger charge is 2.20. The molecule has 0 aliphatic carbocycles. The number of hydrogen-bond donors (Lipinski definition) is 2. The van der Waals surface area contributed by atoms with Crippen molar-refractivity contribution in [1.29, 1.82) is 0 Å². The molecule has 0 aliphatic rings. The summed E-state index contributed by atoms with van der Waals surface area (Å²) in [6.07, 6.45) is 0. The maximum atomic E-state index is 9.17. The van der Waals surface area contributed by atoms with Gasteiger partial charge in [-0.1, -0.05) is 31.5 Å². The fraction of sp³-hybridized carbons (Fsp3) is 0.400. The van der Waals surface area contributed by atoms with Crippen LogP contribution < -0.4 is 10.2 Å². The van der Waals surface area contributed by atoms with Crippen LogP contribution in [0.1, 0.15) is 25.3 Å². The van der Waals surface area contributed by atoms with Gasteiger partial charge in [0.1, 0.15) is 5.75 Å². The summed E-state index contributed by atoms with van der Waals surface area (Å²) in [6, 6.07) is 3.27. The minimum absolute atomic E-state index is 0.223. The lowest BCUT2D eigenvalue weighted by atomic mass is 9.78. The molecule has 0 radical (unpaired) electrons. The van der Waals surface area contributed by atoms with E-state index >= 15 is 0 Å². The summed E-state index contributed by atoms with van der Waals surface area (Å²) in [5.41, 5.74) is 1.21. The van der Waals surface area contributed by atoms with Crippen molar-refractivity contribution < 1.29 is 14.8 Å². The normalized spacial score (nSPS) is 10.6. The van der Waals surface area contributed by atoms with Crippen LogP contribution in [0, 0.1) is 0 Å². The third-order valence-corrected chi connectivity index (χ3v) is 2.58. The van der Waals surface area contributed by atoms with Gasteiger partial charge in [0.05, 0.1) is 7.11 Å². The van der Waals surface area contributed by atoms with Crippen LogP contribution in [0.3, 0.4) is 0 Å². The zero-order valence-corrected chi connectivity index (χ0v) is 9.75. The van der Waals surface area contributed by atoms with E-state index in [0.29, 0.717) is 16.2 Å². The second-order valence-corrected chi connectivity index (χ2v) is 4.05. The smallest absolute Gasteiger partial charge is 0.492 e. The molecule has 0 aliphatic heterocycles. The van der Waals surface area contributed by atoms with Gasteiger partial charge in [-0.25, -0.2) is 0 Å². The molecule has 0 spiro atoms. The summed E-state index contributed by atoms with van der Waals surface area (Å²) in [6.45, 7) is 3.97. The summed E-state index contributed by atoms with van der Waals surface area (Å²) in [7, 11) is -0.0817. The molecule has 0 atom stereocenters. The summed E-state index contributed by atoms with van der Waals surface area (Å²) < 4.78 is 5.02. The van der Waals surface area contributed by atoms with Gasteiger partial charge in [0.15, 0.2) is 0 Å². The van der Waals surface area contributed by atoms with E-state index in [2.05, 4.69) is 0 Å². The van der Waals surface area contributed by atoms with E-state index in [4.69, 9.17) is 26.4 Å². The summed E-state index contributed by atoms with van der Waals surface area (Å²) in [5, 5.41) is 18.9. The topological polar surface area (TPSA) is 49.7 Å². The molecule has 0 fully saturated rings. The van der Waals surface area contributed by atoms with Gasteiger partial charge >= 0.3 is 7.12 Å². The molecule has 0 saturated carbocycles. The third-order valence-electron chi connectivity index (χ3n) is 2.25. The van der Waals surface area contributed by atoms with Crippen molar-refractivity contribution >= 4 is 24.2 Å². The highest BCUT2D eigenvalue weighted by molar-refractivity contribution is 6.60. The molecule has 82 valence electrons. The highest BCUT2D eigenvalue weighted by atomic mass is 35.5. The lowest BCUT2D eigenvalue weighted by Gasteiger charge is -2.14. The van der Waals surface area contributed by atoms with Crippen molar-refractivity contribution in [3.63, 3.8) is 0 Å². The van der Waals surface area contributed by atoms with E-state index < -0.39 is 7.12 Å². The Balaban J connectivity index is 3.30. The molecule has 3 nitrogen and oxygen atoms in total. The summed E-state index contributed by atoms with van der Waals surface area (Å²) in [4.78, 5) is 0. The van der Waals surface area contributed by atoms with Gasteiger partial charge in [-0.2, -0.15) is 0 Å². The molecule has 0 unspecified atom stereocenters. The molecule has 1 rings (SSSR count). The van der Waals surface area contributed by atoms with Gasteiger partial charge in [-0.05, 0) is 17.5 Å². The summed E-state index contributed by atoms with van der Waals surface area (Å²) in [5.74, 6) is 0.611. The maximum absolute atomic E-state index is 9.17. The standard InChI is InChI=1S/C10H14BClO3/c1-6(2)7-4-8(11(13)14)10(15-3)5-9(7)12/h4-6,13-14H,1-3H3. The monoisotopic (exact) mass is 228 g/mol. The Morgan fingerprint density at radius 3 is 2.33 bits per heavy atom. The predicted molar refractivity (Wildman–Crippen MR) is 61.9 cm³/mol. The van der Waals surface area contributed by atoms with Gasteiger partial charge in [0.25, 0.3) is 0 Å². The molecular formula is C10H14BClO3. The van der Waals surface area contributed by atoms with Gasteiger partial charge in [0.2, 0.25) is 0 Å². The quantitative estimate of drug-likeness (QED) is 0.763. The van der Waals surface area contributed by atoms with Crippen molar-refractivity contribution in [2.24, 2.45) is 0 Å². The average molecular weight is 228 g/mol. The largest absolute Gasteiger partial charge is 0.497 e. The molecule has 1 aromatic rings. The number of halogens is 1. The van der Waals surface area contributed by atoms with Crippen molar-refractivity contribution in [2.75, 3.05) is 7.11 Å². The lowest BCUT2D eigenvalue weighted by molar-refractivity contribution is 0.403. The Morgan fingerprint density at radius 1 is 1.33 bits per heavy atom. The van der Waals surface area contributed by atoms with Crippen LogP contribution in [-0.4, -0.2) is 24.3 Å². The van der Waals surface area contributed by atoms with Crippen molar-refractivity contribution in [2.45, 2.75) is 19.8 Å². The molecule has 1 aromatic carbocycles. The van der Waals surface area contributed by atoms with Gasteiger partial charge in [0, 0.05) is 10.5 Å². The van der Waals surface area contributed by atoms with E-state index in [1.807, 2.05) is 13.8 Å². The Hall–Kier alpha value is -0.705. The zero-order valence-electron chi connectivity index (χ0n) is 8.99. The van der Waals surface area contributed by atoms with Crippen molar-refractivity contribution in [3.05, 3.63) is 22.7 Å². The number of ether oxygens (including phenoxy) is 1. The zero-order chi connectivity index (χ0) is 11.6. The fourth-order valence-electron chi connectivity index (χ4n) is 1.41. The van der Waals surface area contributed by atoms with Crippen LogP contribution in [0.15, 0.2) is 12.1 Å². The van der Waals surface area contributed by atoms with Crippen LogP contribution in [0.2, 0.25) is 5.02 Å². The van der Waals surface area contributed by atoms with Crippen LogP contribution >= 0.6 is 11.6 Å². The Labute approximate surface area is 94.8 Å². The first-order valence-electron chi connectivity index (χ1n) is 4.70. The van der Waals surface area contributed by atoms with E-state index in [0.717, 1.165) is 5.56 Å². The third kappa shape index (κ3) is 2.65. The van der Waals surface area contributed by atoms with Crippen LogP contribution in [-0.2, 0) is 0 Å². The first-order chi connectivity index (χ1) is 6.97. The number of hydrogen-bond acceptors (Lipinski definition) is 3. The molecule has 2 N–H and O–H groups in total. The second kappa shape index (κ2) is 4.88. The van der Waals surface area contributed by atoms with Crippen molar-refractivity contribution in [3.8, 4) is 5.75 Å². The second-order valence-electron chi connectivity index (χ2n) is 3.64. The molecule has 15 heavy (non-hydrogen) atoms. The number of methoxy groups -OCH3 is 1. The maximum Gasteiger partial charge on any atom is 0.492 e.